The zero-order valence-electron chi connectivity index (χ0n) is 12.6. The predicted octanol–water partition coefficient (Wildman–Crippen LogP) is 3.62. The molecule has 3 heteroatoms. The van der Waals surface area contributed by atoms with Crippen LogP contribution in [0.4, 0.5) is 5.69 Å². The van der Waals surface area contributed by atoms with Gasteiger partial charge in [0.05, 0.1) is 5.69 Å². The van der Waals surface area contributed by atoms with Gasteiger partial charge < -0.3 is 10.2 Å². The third kappa shape index (κ3) is 4.15. The molecule has 0 amide bonds. The number of benzene rings is 1. The smallest absolute Gasteiger partial charge is 0.0504 e. The lowest BCUT2D eigenvalue weighted by Crippen LogP contribution is -2.39. The zero-order valence-corrected chi connectivity index (χ0v) is 13.4. The number of anilines is 1. The highest BCUT2D eigenvalue weighted by molar-refractivity contribution is 7.98. The maximum absolute atomic E-state index is 3.63. The van der Waals surface area contributed by atoms with Crippen molar-refractivity contribution in [3.8, 4) is 0 Å². The van der Waals surface area contributed by atoms with E-state index in [-0.39, 0.29) is 5.54 Å². The molecule has 0 saturated carbocycles. The monoisotopic (exact) mass is 278 g/mol. The molecule has 1 fully saturated rings. The molecule has 1 heterocycles. The summed E-state index contributed by atoms with van der Waals surface area (Å²) in [5.74, 6) is 0.772. The topological polar surface area (TPSA) is 15.3 Å². The first kappa shape index (κ1) is 14.7. The molecule has 1 saturated heterocycles. The Bertz CT molecular complexity index is 411. The van der Waals surface area contributed by atoms with Crippen molar-refractivity contribution < 1.29 is 0 Å². The Balaban J connectivity index is 1.94. The van der Waals surface area contributed by atoms with Crippen molar-refractivity contribution in [3.05, 3.63) is 24.3 Å². The second kappa shape index (κ2) is 6.19. The van der Waals surface area contributed by atoms with Gasteiger partial charge in [0.25, 0.3) is 0 Å². The summed E-state index contributed by atoms with van der Waals surface area (Å²) in [5.41, 5.74) is 1.64. The van der Waals surface area contributed by atoms with Gasteiger partial charge in [-0.25, -0.2) is 0 Å². The van der Waals surface area contributed by atoms with E-state index >= 15 is 0 Å². The second-order valence-corrected chi connectivity index (χ2v) is 7.25. The molecule has 0 spiro atoms. The van der Waals surface area contributed by atoms with Gasteiger partial charge in [0.2, 0.25) is 0 Å². The van der Waals surface area contributed by atoms with E-state index in [1.807, 2.05) is 11.8 Å². The van der Waals surface area contributed by atoms with Crippen molar-refractivity contribution in [1.29, 1.82) is 0 Å². The van der Waals surface area contributed by atoms with Crippen LogP contribution in [0.15, 0.2) is 29.2 Å². The predicted molar refractivity (Wildman–Crippen MR) is 86.3 cm³/mol. The van der Waals surface area contributed by atoms with Crippen LogP contribution in [0.2, 0.25) is 0 Å². The molecule has 1 aliphatic heterocycles. The molecule has 1 unspecified atom stereocenters. The molecule has 0 radical (unpaired) electrons. The maximum atomic E-state index is 3.63. The average Bonchev–Trinajstić information content (AvgIpc) is 2.84. The van der Waals surface area contributed by atoms with Crippen molar-refractivity contribution in [2.75, 3.05) is 30.8 Å². The number of rotatable bonds is 4. The SMILES string of the molecule is CSc1ccccc1N1CCC(CNC(C)(C)C)C1. The van der Waals surface area contributed by atoms with Crippen LogP contribution in [0.1, 0.15) is 27.2 Å². The van der Waals surface area contributed by atoms with Crippen molar-refractivity contribution in [1.82, 2.24) is 5.32 Å². The Labute approximate surface area is 122 Å². The number of hydrogen-bond donors (Lipinski definition) is 1. The van der Waals surface area contributed by atoms with Crippen molar-refractivity contribution in [2.45, 2.75) is 37.6 Å². The van der Waals surface area contributed by atoms with Crippen LogP contribution in [-0.4, -0.2) is 31.4 Å². The Morgan fingerprint density at radius 2 is 2.05 bits per heavy atom. The van der Waals surface area contributed by atoms with Gasteiger partial charge in [-0.3, -0.25) is 0 Å². The van der Waals surface area contributed by atoms with E-state index in [2.05, 4.69) is 61.5 Å². The Morgan fingerprint density at radius 3 is 2.74 bits per heavy atom. The van der Waals surface area contributed by atoms with E-state index in [1.54, 1.807) is 0 Å². The summed E-state index contributed by atoms with van der Waals surface area (Å²) in [6.07, 6.45) is 3.46. The minimum Gasteiger partial charge on any atom is -0.370 e. The second-order valence-electron chi connectivity index (χ2n) is 6.40. The van der Waals surface area contributed by atoms with Crippen LogP contribution in [0.3, 0.4) is 0 Å². The van der Waals surface area contributed by atoms with Gasteiger partial charge in [-0.15, -0.1) is 11.8 Å². The lowest BCUT2D eigenvalue weighted by atomic mass is 10.1. The van der Waals surface area contributed by atoms with Gasteiger partial charge in [-0.2, -0.15) is 0 Å². The van der Waals surface area contributed by atoms with Gasteiger partial charge in [-0.1, -0.05) is 12.1 Å². The van der Waals surface area contributed by atoms with E-state index in [4.69, 9.17) is 0 Å². The molecular weight excluding hydrogens is 252 g/mol. The van der Waals surface area contributed by atoms with Gasteiger partial charge in [0, 0.05) is 30.1 Å². The Kier molecular flexibility index (Phi) is 4.80. The number of nitrogens with zero attached hydrogens (tertiary/aromatic N) is 1. The standard InChI is InChI=1S/C16H26N2S/c1-16(2,3)17-11-13-9-10-18(12-13)14-7-5-6-8-15(14)19-4/h5-8,13,17H,9-12H2,1-4H3. The fraction of sp³-hybridized carbons (Fsp3) is 0.625. The lowest BCUT2D eigenvalue weighted by Gasteiger charge is -2.24. The molecule has 0 bridgehead atoms. The third-order valence-electron chi connectivity index (χ3n) is 3.63. The molecule has 1 N–H and O–H groups in total. The number of para-hydroxylation sites is 1. The van der Waals surface area contributed by atoms with Gasteiger partial charge in [0.1, 0.15) is 0 Å². The molecule has 1 aromatic rings. The highest BCUT2D eigenvalue weighted by Crippen LogP contribution is 2.32. The van der Waals surface area contributed by atoms with Crippen molar-refractivity contribution >= 4 is 17.4 Å². The van der Waals surface area contributed by atoms with Crippen molar-refractivity contribution in [2.24, 2.45) is 5.92 Å². The summed E-state index contributed by atoms with van der Waals surface area (Å²) in [5, 5.41) is 3.63. The van der Waals surface area contributed by atoms with E-state index in [1.165, 1.54) is 30.1 Å². The third-order valence-corrected chi connectivity index (χ3v) is 4.42. The quantitative estimate of drug-likeness (QED) is 0.847. The van der Waals surface area contributed by atoms with Gasteiger partial charge in [-0.05, 0) is 51.5 Å². The van der Waals surface area contributed by atoms with Crippen LogP contribution >= 0.6 is 11.8 Å². The van der Waals surface area contributed by atoms with Crippen LogP contribution in [-0.2, 0) is 0 Å². The van der Waals surface area contributed by atoms with E-state index in [9.17, 15) is 0 Å². The molecule has 0 aromatic heterocycles. The molecule has 0 aliphatic carbocycles. The molecule has 106 valence electrons. The summed E-state index contributed by atoms with van der Waals surface area (Å²) in [4.78, 5) is 3.94. The lowest BCUT2D eigenvalue weighted by molar-refractivity contribution is 0.383. The fourth-order valence-electron chi connectivity index (χ4n) is 2.56. The molecule has 1 atom stereocenters. The molecule has 1 aliphatic rings. The fourth-order valence-corrected chi connectivity index (χ4v) is 3.18. The molecule has 19 heavy (non-hydrogen) atoms. The molecule has 1 aromatic carbocycles. The van der Waals surface area contributed by atoms with Gasteiger partial charge in [0.15, 0.2) is 0 Å². The zero-order chi connectivity index (χ0) is 13.9. The highest BCUT2D eigenvalue weighted by atomic mass is 32.2. The molecular formula is C16H26N2S. The summed E-state index contributed by atoms with van der Waals surface area (Å²) < 4.78 is 0. The van der Waals surface area contributed by atoms with Crippen LogP contribution in [0, 0.1) is 5.92 Å². The largest absolute Gasteiger partial charge is 0.370 e. The first-order valence-corrected chi connectivity index (χ1v) is 8.35. The van der Waals surface area contributed by atoms with Crippen molar-refractivity contribution in [3.63, 3.8) is 0 Å². The van der Waals surface area contributed by atoms with Gasteiger partial charge >= 0.3 is 0 Å². The summed E-state index contributed by atoms with van der Waals surface area (Å²) in [6.45, 7) is 10.2. The number of hydrogen-bond acceptors (Lipinski definition) is 3. The number of nitrogens with one attached hydrogen (secondary N) is 1. The summed E-state index contributed by atoms with van der Waals surface area (Å²) in [6, 6.07) is 8.76. The first-order valence-electron chi connectivity index (χ1n) is 7.12. The van der Waals surface area contributed by atoms with E-state index in [0.717, 1.165) is 12.5 Å². The summed E-state index contributed by atoms with van der Waals surface area (Å²) in [7, 11) is 0. The van der Waals surface area contributed by atoms with Crippen LogP contribution in [0.5, 0.6) is 0 Å². The molecule has 2 nitrogen and oxygen atoms in total. The minimum atomic E-state index is 0.227. The number of thioether (sulfide) groups is 1. The Morgan fingerprint density at radius 1 is 1.32 bits per heavy atom. The highest BCUT2D eigenvalue weighted by Gasteiger charge is 2.24. The normalized spacial score (nSPS) is 20.0. The summed E-state index contributed by atoms with van der Waals surface area (Å²) >= 11 is 1.84. The first-order chi connectivity index (χ1) is 8.99. The molecule has 2 rings (SSSR count). The Hall–Kier alpha value is -0.670. The van der Waals surface area contributed by atoms with Crippen LogP contribution in [0.25, 0.3) is 0 Å². The van der Waals surface area contributed by atoms with E-state index in [0.29, 0.717) is 0 Å². The van der Waals surface area contributed by atoms with E-state index < -0.39 is 0 Å². The maximum Gasteiger partial charge on any atom is 0.0504 e. The average molecular weight is 278 g/mol. The minimum absolute atomic E-state index is 0.227. The van der Waals surface area contributed by atoms with Crippen LogP contribution < -0.4 is 10.2 Å².